The van der Waals surface area contributed by atoms with Crippen LogP contribution in [-0.2, 0) is 30.3 Å². The minimum atomic E-state index is -0.653. The topological polar surface area (TPSA) is 81.7 Å². The third-order valence-electron chi connectivity index (χ3n) is 5.78. The molecule has 1 heterocycles. The molecule has 0 bridgehead atoms. The molecule has 2 aromatic carbocycles. The molecule has 3 rings (SSSR count). The van der Waals surface area contributed by atoms with Crippen LogP contribution >= 0.6 is 0 Å². The Morgan fingerprint density at radius 1 is 0.943 bits per heavy atom. The number of hydrogen-bond donors (Lipinski definition) is 1. The van der Waals surface area contributed by atoms with E-state index in [1.54, 1.807) is 20.8 Å². The summed E-state index contributed by atoms with van der Waals surface area (Å²) >= 11 is 0. The Balaban J connectivity index is 1.83. The number of rotatable bonds is 5. The van der Waals surface area contributed by atoms with Crippen LogP contribution in [0.1, 0.15) is 57.2 Å². The molecule has 0 fully saturated rings. The molecule has 0 saturated heterocycles. The second-order valence-corrected chi connectivity index (χ2v) is 9.92. The van der Waals surface area contributed by atoms with Crippen molar-refractivity contribution in [1.29, 1.82) is 0 Å². The minimum absolute atomic E-state index is 0.0127. The van der Waals surface area contributed by atoms with Gasteiger partial charge in [-0.25, -0.2) is 0 Å². The Kier molecular flexibility index (Phi) is 9.24. The van der Waals surface area contributed by atoms with Crippen LogP contribution in [0, 0.1) is 11.8 Å². The van der Waals surface area contributed by atoms with Crippen molar-refractivity contribution in [3.8, 4) is 0 Å². The molecule has 0 radical (unpaired) electrons. The molecule has 1 aliphatic heterocycles. The van der Waals surface area contributed by atoms with Gasteiger partial charge in [-0.3, -0.25) is 14.4 Å². The maximum Gasteiger partial charge on any atom is 0.309 e. The van der Waals surface area contributed by atoms with E-state index in [2.05, 4.69) is 5.32 Å². The predicted molar refractivity (Wildman–Crippen MR) is 134 cm³/mol. The van der Waals surface area contributed by atoms with E-state index in [1.807, 2.05) is 72.8 Å². The Bertz CT molecular complexity index is 1010. The van der Waals surface area contributed by atoms with Crippen molar-refractivity contribution < 1.29 is 23.9 Å². The number of amides is 1. The quantitative estimate of drug-likeness (QED) is 0.487. The first-order chi connectivity index (χ1) is 16.7. The van der Waals surface area contributed by atoms with Crippen LogP contribution in [0.3, 0.4) is 0 Å². The maximum absolute atomic E-state index is 13.3. The number of carbonyl (C=O) groups is 3. The smallest absolute Gasteiger partial charge is 0.309 e. The van der Waals surface area contributed by atoms with Crippen LogP contribution in [-0.4, -0.2) is 30.1 Å². The number of nitrogens with one attached hydrogen (secondary N) is 1. The molecule has 0 aromatic heterocycles. The fraction of sp³-hybridized carbons (Fsp3) is 0.414. The van der Waals surface area contributed by atoms with Crippen molar-refractivity contribution in [2.75, 3.05) is 6.61 Å². The summed E-state index contributed by atoms with van der Waals surface area (Å²) in [6.07, 6.45) is 5.18. The average molecular weight is 478 g/mol. The lowest BCUT2D eigenvalue weighted by Crippen LogP contribution is -2.38. The van der Waals surface area contributed by atoms with Gasteiger partial charge >= 0.3 is 11.9 Å². The van der Waals surface area contributed by atoms with E-state index in [9.17, 15) is 14.4 Å². The molecule has 35 heavy (non-hydrogen) atoms. The summed E-state index contributed by atoms with van der Waals surface area (Å²) in [6.45, 7) is 5.37. The third kappa shape index (κ3) is 8.71. The number of hydrogen-bond acceptors (Lipinski definition) is 5. The summed E-state index contributed by atoms with van der Waals surface area (Å²) in [6, 6.07) is 18.9. The van der Waals surface area contributed by atoms with E-state index in [0.29, 0.717) is 19.3 Å². The molecule has 1 N–H and O–H groups in total. The van der Waals surface area contributed by atoms with Gasteiger partial charge in [0.25, 0.3) is 0 Å². The van der Waals surface area contributed by atoms with Crippen LogP contribution in [0.4, 0.5) is 0 Å². The normalized spacial score (nSPS) is 21.7. The van der Waals surface area contributed by atoms with E-state index >= 15 is 0 Å². The summed E-state index contributed by atoms with van der Waals surface area (Å²) in [7, 11) is 0. The number of cyclic esters (lactones) is 1. The monoisotopic (exact) mass is 477 g/mol. The van der Waals surface area contributed by atoms with Gasteiger partial charge in [-0.05, 0) is 51.2 Å². The zero-order valence-corrected chi connectivity index (χ0v) is 20.7. The second kappa shape index (κ2) is 12.3. The van der Waals surface area contributed by atoms with E-state index < -0.39 is 29.5 Å². The minimum Gasteiger partial charge on any atom is -0.463 e. The molecular weight excluding hydrogens is 442 g/mol. The van der Waals surface area contributed by atoms with E-state index in [-0.39, 0.29) is 24.9 Å². The van der Waals surface area contributed by atoms with Crippen molar-refractivity contribution in [2.45, 2.75) is 58.1 Å². The number of allylic oxidation sites excluding steroid dienone is 2. The molecule has 1 amide bonds. The van der Waals surface area contributed by atoms with Crippen LogP contribution in [0.25, 0.3) is 0 Å². The highest BCUT2D eigenvalue weighted by molar-refractivity contribution is 5.81. The van der Waals surface area contributed by atoms with Gasteiger partial charge in [-0.2, -0.15) is 0 Å². The summed E-state index contributed by atoms with van der Waals surface area (Å²) in [5.41, 5.74) is 1.30. The Morgan fingerprint density at radius 2 is 1.54 bits per heavy atom. The summed E-state index contributed by atoms with van der Waals surface area (Å²) in [4.78, 5) is 38.6. The van der Waals surface area contributed by atoms with Gasteiger partial charge in [0.2, 0.25) is 5.91 Å². The van der Waals surface area contributed by atoms with Gasteiger partial charge in [-0.1, -0.05) is 72.8 Å². The van der Waals surface area contributed by atoms with Crippen molar-refractivity contribution in [1.82, 2.24) is 5.32 Å². The van der Waals surface area contributed by atoms with Gasteiger partial charge in [0.1, 0.15) is 12.2 Å². The number of ether oxygens (including phenoxy) is 2. The van der Waals surface area contributed by atoms with Crippen LogP contribution in [0.15, 0.2) is 72.8 Å². The van der Waals surface area contributed by atoms with Crippen molar-refractivity contribution in [3.63, 3.8) is 0 Å². The van der Waals surface area contributed by atoms with Gasteiger partial charge in [0.05, 0.1) is 18.4 Å². The Morgan fingerprint density at radius 3 is 2.17 bits per heavy atom. The summed E-state index contributed by atoms with van der Waals surface area (Å²) < 4.78 is 11.1. The first-order valence-electron chi connectivity index (χ1n) is 12.1. The van der Waals surface area contributed by atoms with E-state index in [4.69, 9.17) is 9.47 Å². The fourth-order valence-corrected chi connectivity index (χ4v) is 4.03. The van der Waals surface area contributed by atoms with Gasteiger partial charge in [0, 0.05) is 5.92 Å². The van der Waals surface area contributed by atoms with Crippen LogP contribution in [0.5, 0.6) is 0 Å². The lowest BCUT2D eigenvalue weighted by molar-refractivity contribution is -0.161. The molecule has 6 heteroatoms. The molecule has 6 nitrogen and oxygen atoms in total. The molecule has 2 aromatic rings. The molecule has 1 aliphatic rings. The van der Waals surface area contributed by atoms with Crippen LogP contribution in [0.2, 0.25) is 0 Å². The lowest BCUT2D eigenvalue weighted by atomic mass is 9.93. The zero-order chi connectivity index (χ0) is 25.3. The number of benzene rings is 2. The second-order valence-electron chi connectivity index (χ2n) is 9.92. The predicted octanol–water partition coefficient (Wildman–Crippen LogP) is 4.94. The van der Waals surface area contributed by atoms with Gasteiger partial charge in [-0.15, -0.1) is 0 Å². The fourth-order valence-electron chi connectivity index (χ4n) is 4.03. The summed E-state index contributed by atoms with van der Waals surface area (Å²) in [5.74, 6) is -1.93. The standard InChI is InChI=1S/C29H35NO5/c1-29(2,3)35-26(31)19-24-17-11-10-16-23(18-21-12-6-4-7-13-21)27(32)30-25(20-34-28(24)33)22-14-8-5-9-15-22/h4-15,23-25H,16-20H2,1-3H3,(H,30,32)/t23-,24+,25+/m1/s1. The zero-order valence-electron chi connectivity index (χ0n) is 20.7. The van der Waals surface area contributed by atoms with Gasteiger partial charge < -0.3 is 14.8 Å². The number of esters is 2. The molecule has 0 saturated carbocycles. The van der Waals surface area contributed by atoms with Crippen molar-refractivity contribution in [2.24, 2.45) is 11.8 Å². The molecule has 0 aliphatic carbocycles. The first-order valence-corrected chi connectivity index (χ1v) is 12.1. The van der Waals surface area contributed by atoms with Crippen LogP contribution < -0.4 is 5.32 Å². The van der Waals surface area contributed by atoms with E-state index in [0.717, 1.165) is 11.1 Å². The summed E-state index contributed by atoms with van der Waals surface area (Å²) in [5, 5.41) is 3.09. The SMILES string of the molecule is CC(C)(C)OC(=O)C[C@@H]1CC=CC[C@H](Cc2ccccc2)C(=O)N[C@H](c2ccccc2)COC1=O. The van der Waals surface area contributed by atoms with Crippen molar-refractivity contribution in [3.05, 3.63) is 83.9 Å². The molecule has 186 valence electrons. The van der Waals surface area contributed by atoms with Crippen molar-refractivity contribution >= 4 is 17.8 Å². The Hall–Kier alpha value is -3.41. The highest BCUT2D eigenvalue weighted by Gasteiger charge is 2.29. The van der Waals surface area contributed by atoms with E-state index in [1.165, 1.54) is 0 Å². The molecular formula is C29H35NO5. The number of carbonyl (C=O) groups excluding carboxylic acids is 3. The largest absolute Gasteiger partial charge is 0.463 e. The Labute approximate surface area is 207 Å². The maximum atomic E-state index is 13.3. The molecule has 0 unspecified atom stereocenters. The third-order valence-corrected chi connectivity index (χ3v) is 5.78. The highest BCUT2D eigenvalue weighted by Crippen LogP contribution is 2.22. The molecule has 3 atom stereocenters. The lowest BCUT2D eigenvalue weighted by Gasteiger charge is -2.25. The first kappa shape index (κ1) is 26.2. The van der Waals surface area contributed by atoms with Gasteiger partial charge in [0.15, 0.2) is 0 Å². The average Bonchev–Trinajstić information content (AvgIpc) is 2.81. The highest BCUT2D eigenvalue weighted by atomic mass is 16.6. The molecule has 0 spiro atoms.